The molecule has 2 N–H and O–H groups in total. The van der Waals surface area contributed by atoms with Gasteiger partial charge in [-0.1, -0.05) is 0 Å². The Morgan fingerprint density at radius 1 is 1.17 bits per heavy atom. The molecule has 128 valence electrons. The summed E-state index contributed by atoms with van der Waals surface area (Å²) >= 11 is 0. The van der Waals surface area contributed by atoms with Gasteiger partial charge in [0.15, 0.2) is 11.6 Å². The smallest absolute Gasteiger partial charge is 0.255 e. The van der Waals surface area contributed by atoms with Gasteiger partial charge in [-0.15, -0.1) is 0 Å². The first-order chi connectivity index (χ1) is 11.5. The number of hydrogen-bond donors (Lipinski definition) is 2. The van der Waals surface area contributed by atoms with Crippen molar-refractivity contribution in [2.24, 2.45) is 0 Å². The summed E-state index contributed by atoms with van der Waals surface area (Å²) in [5.74, 6) is -1.86. The molecule has 0 aliphatic rings. The molecule has 7 heteroatoms. The fourth-order valence-corrected chi connectivity index (χ4v) is 2.02. The first-order valence-electron chi connectivity index (χ1n) is 7.57. The summed E-state index contributed by atoms with van der Waals surface area (Å²) in [5, 5.41) is 5.77. The summed E-state index contributed by atoms with van der Waals surface area (Å²) in [7, 11) is 4.03. The van der Waals surface area contributed by atoms with Crippen molar-refractivity contribution in [1.29, 1.82) is 0 Å². The van der Waals surface area contributed by atoms with Crippen molar-refractivity contribution in [3.05, 3.63) is 53.7 Å². The Kier molecular flexibility index (Phi) is 6.20. The summed E-state index contributed by atoms with van der Waals surface area (Å²) in [6.07, 6.45) is 2.50. The van der Waals surface area contributed by atoms with Crippen molar-refractivity contribution < 1.29 is 13.6 Å². The lowest BCUT2D eigenvalue weighted by molar-refractivity contribution is 0.102. The topological polar surface area (TPSA) is 57.3 Å². The van der Waals surface area contributed by atoms with Crippen LogP contribution >= 0.6 is 0 Å². The number of hydrogen-bond acceptors (Lipinski definition) is 4. The lowest BCUT2D eigenvalue weighted by atomic mass is 10.2. The van der Waals surface area contributed by atoms with E-state index >= 15 is 0 Å². The number of anilines is 2. The number of benzene rings is 1. The highest BCUT2D eigenvalue weighted by Crippen LogP contribution is 2.13. The van der Waals surface area contributed by atoms with E-state index in [0.717, 1.165) is 31.6 Å². The normalized spacial score (nSPS) is 10.7. The predicted molar refractivity (Wildman–Crippen MR) is 90.2 cm³/mol. The Bertz CT molecular complexity index is 689. The predicted octanol–water partition coefficient (Wildman–Crippen LogP) is 2.98. The van der Waals surface area contributed by atoms with Gasteiger partial charge in [-0.3, -0.25) is 4.79 Å². The van der Waals surface area contributed by atoms with Crippen molar-refractivity contribution in [2.45, 2.75) is 6.42 Å². The molecule has 1 heterocycles. The first-order valence-corrected chi connectivity index (χ1v) is 7.57. The van der Waals surface area contributed by atoms with Gasteiger partial charge in [0, 0.05) is 12.1 Å². The summed E-state index contributed by atoms with van der Waals surface area (Å²) in [5.41, 5.74) is 0.517. The van der Waals surface area contributed by atoms with Gasteiger partial charge in [-0.2, -0.15) is 0 Å². The fourth-order valence-electron chi connectivity index (χ4n) is 2.02. The van der Waals surface area contributed by atoms with Crippen molar-refractivity contribution in [3.63, 3.8) is 0 Å². The Morgan fingerprint density at radius 2 is 1.96 bits per heavy atom. The van der Waals surface area contributed by atoms with Crippen LogP contribution in [-0.4, -0.2) is 43.0 Å². The van der Waals surface area contributed by atoms with Crippen LogP contribution in [-0.2, 0) is 0 Å². The average Bonchev–Trinajstić information content (AvgIpc) is 2.55. The van der Waals surface area contributed by atoms with Crippen molar-refractivity contribution >= 4 is 17.4 Å². The number of nitrogens with zero attached hydrogens (tertiary/aromatic N) is 2. The Labute approximate surface area is 139 Å². The third-order valence-corrected chi connectivity index (χ3v) is 3.29. The molecule has 0 saturated heterocycles. The number of amides is 1. The largest absolute Gasteiger partial charge is 0.370 e. The molecule has 1 aromatic carbocycles. The van der Waals surface area contributed by atoms with Crippen LogP contribution in [0.15, 0.2) is 36.5 Å². The first kappa shape index (κ1) is 17.8. The molecule has 2 rings (SSSR count). The van der Waals surface area contributed by atoms with Gasteiger partial charge in [0.05, 0.1) is 11.9 Å². The molecule has 5 nitrogen and oxygen atoms in total. The van der Waals surface area contributed by atoms with E-state index in [4.69, 9.17) is 0 Å². The molecule has 0 aliphatic carbocycles. The molecule has 0 saturated carbocycles. The second-order valence-corrected chi connectivity index (χ2v) is 5.60. The molecule has 1 aromatic heterocycles. The van der Waals surface area contributed by atoms with Crippen LogP contribution in [0.1, 0.15) is 16.8 Å². The van der Waals surface area contributed by atoms with E-state index < -0.39 is 17.5 Å². The molecule has 0 aliphatic heterocycles. The number of rotatable bonds is 7. The van der Waals surface area contributed by atoms with Gasteiger partial charge in [0.25, 0.3) is 5.91 Å². The van der Waals surface area contributed by atoms with Crippen LogP contribution in [0.2, 0.25) is 0 Å². The minimum atomic E-state index is -1.06. The highest BCUT2D eigenvalue weighted by molar-refractivity contribution is 6.04. The Balaban J connectivity index is 1.88. The van der Waals surface area contributed by atoms with E-state index in [1.165, 1.54) is 12.3 Å². The maximum absolute atomic E-state index is 13.2. The van der Waals surface area contributed by atoms with Gasteiger partial charge in [0.1, 0.15) is 5.82 Å². The molecule has 0 fully saturated rings. The van der Waals surface area contributed by atoms with Gasteiger partial charge in [-0.25, -0.2) is 13.8 Å². The molecule has 2 aromatic rings. The summed E-state index contributed by atoms with van der Waals surface area (Å²) < 4.78 is 26.0. The van der Waals surface area contributed by atoms with Gasteiger partial charge in [0.2, 0.25) is 0 Å². The van der Waals surface area contributed by atoms with Crippen LogP contribution in [0, 0.1) is 11.6 Å². The molecule has 24 heavy (non-hydrogen) atoms. The van der Waals surface area contributed by atoms with E-state index in [9.17, 15) is 13.6 Å². The number of carbonyl (C=O) groups excluding carboxylic acids is 1. The molecule has 0 unspecified atom stereocenters. The SMILES string of the molecule is CN(C)CCCNc1ccc(NC(=O)c2ccc(F)c(F)c2)cn1. The van der Waals surface area contributed by atoms with Crippen LogP contribution in [0.3, 0.4) is 0 Å². The standard InChI is InChI=1S/C17H20F2N4O/c1-23(2)9-3-8-20-16-7-5-13(11-21-16)22-17(24)12-4-6-14(18)15(19)10-12/h4-7,10-11H,3,8-9H2,1-2H3,(H,20,21)(H,22,24). The number of aromatic nitrogens is 1. The van der Waals surface area contributed by atoms with E-state index in [1.54, 1.807) is 12.1 Å². The lowest BCUT2D eigenvalue weighted by Gasteiger charge is -2.10. The summed E-state index contributed by atoms with van der Waals surface area (Å²) in [6.45, 7) is 1.78. The van der Waals surface area contributed by atoms with E-state index in [0.29, 0.717) is 11.5 Å². The van der Waals surface area contributed by atoms with Gasteiger partial charge < -0.3 is 15.5 Å². The molecular formula is C17H20F2N4O. The Hall–Kier alpha value is -2.54. The Morgan fingerprint density at radius 3 is 2.58 bits per heavy atom. The minimum Gasteiger partial charge on any atom is -0.370 e. The zero-order chi connectivity index (χ0) is 17.5. The molecular weight excluding hydrogens is 314 g/mol. The number of carbonyl (C=O) groups is 1. The van der Waals surface area contributed by atoms with Crippen LogP contribution in [0.4, 0.5) is 20.3 Å². The molecule has 0 spiro atoms. The summed E-state index contributed by atoms with van der Waals surface area (Å²) in [6, 6.07) is 6.44. The highest BCUT2D eigenvalue weighted by Gasteiger charge is 2.10. The summed E-state index contributed by atoms with van der Waals surface area (Å²) in [4.78, 5) is 18.3. The third-order valence-electron chi connectivity index (χ3n) is 3.29. The second kappa shape index (κ2) is 8.35. The number of nitrogens with one attached hydrogen (secondary N) is 2. The minimum absolute atomic E-state index is 0.0415. The molecule has 0 bridgehead atoms. The lowest BCUT2D eigenvalue weighted by Crippen LogP contribution is -2.16. The van der Waals surface area contributed by atoms with Crippen molar-refractivity contribution in [2.75, 3.05) is 37.8 Å². The maximum Gasteiger partial charge on any atom is 0.255 e. The van der Waals surface area contributed by atoms with Crippen LogP contribution in [0.5, 0.6) is 0 Å². The maximum atomic E-state index is 13.2. The van der Waals surface area contributed by atoms with Gasteiger partial charge in [-0.05, 0) is 57.4 Å². The van der Waals surface area contributed by atoms with Crippen LogP contribution in [0.25, 0.3) is 0 Å². The zero-order valence-electron chi connectivity index (χ0n) is 13.6. The zero-order valence-corrected chi connectivity index (χ0v) is 13.6. The number of halogens is 2. The van der Waals surface area contributed by atoms with Crippen LogP contribution < -0.4 is 10.6 Å². The van der Waals surface area contributed by atoms with Crippen molar-refractivity contribution in [1.82, 2.24) is 9.88 Å². The monoisotopic (exact) mass is 334 g/mol. The van der Waals surface area contributed by atoms with E-state index in [-0.39, 0.29) is 5.56 Å². The second-order valence-electron chi connectivity index (χ2n) is 5.60. The van der Waals surface area contributed by atoms with Crippen molar-refractivity contribution in [3.8, 4) is 0 Å². The molecule has 1 amide bonds. The average molecular weight is 334 g/mol. The quantitative estimate of drug-likeness (QED) is 0.765. The molecule has 0 atom stereocenters. The van der Waals surface area contributed by atoms with Gasteiger partial charge >= 0.3 is 0 Å². The fraction of sp³-hybridized carbons (Fsp3) is 0.294. The third kappa shape index (κ3) is 5.27. The molecule has 0 radical (unpaired) electrons. The number of pyridine rings is 1. The van der Waals surface area contributed by atoms with E-state index in [2.05, 4.69) is 20.5 Å². The van der Waals surface area contributed by atoms with E-state index in [1.807, 2.05) is 14.1 Å². The highest BCUT2D eigenvalue weighted by atomic mass is 19.2.